The van der Waals surface area contributed by atoms with Gasteiger partial charge < -0.3 is 11.1 Å². The average molecular weight is 286 g/mol. The van der Waals surface area contributed by atoms with Crippen LogP contribution >= 0.6 is 0 Å². The summed E-state index contributed by atoms with van der Waals surface area (Å²) in [6, 6.07) is 6.45. The number of nitrogens with zero attached hydrogens (tertiary/aromatic N) is 4. The Morgan fingerprint density at radius 3 is 2.90 bits per heavy atom. The third kappa shape index (κ3) is 2.55. The number of hydrogen-bond donors (Lipinski definition) is 2. The highest BCUT2D eigenvalue weighted by Gasteiger charge is 2.13. The Kier molecular flexibility index (Phi) is 3.74. The van der Waals surface area contributed by atoms with Gasteiger partial charge in [0.2, 0.25) is 0 Å². The zero-order valence-electron chi connectivity index (χ0n) is 11.3. The van der Waals surface area contributed by atoms with Gasteiger partial charge in [0.25, 0.3) is 0 Å². The summed E-state index contributed by atoms with van der Waals surface area (Å²) in [4.78, 5) is 8.40. The maximum atomic E-state index is 13.9. The largest absolute Gasteiger partial charge is 0.369 e. The van der Waals surface area contributed by atoms with E-state index in [-0.39, 0.29) is 5.82 Å². The lowest BCUT2D eigenvalue weighted by molar-refractivity contribution is 0.612. The van der Waals surface area contributed by atoms with Crippen LogP contribution in [-0.2, 0) is 0 Å². The van der Waals surface area contributed by atoms with Crippen LogP contribution < -0.4 is 11.1 Å². The maximum absolute atomic E-state index is 13.9. The quantitative estimate of drug-likeness (QED) is 0.698. The van der Waals surface area contributed by atoms with Crippen LogP contribution in [0.4, 0.5) is 10.2 Å². The number of nitrogens with one attached hydrogen (secondary N) is 1. The van der Waals surface area contributed by atoms with Gasteiger partial charge in [-0.3, -0.25) is 0 Å². The lowest BCUT2D eigenvalue weighted by atomic mass is 10.3. The van der Waals surface area contributed by atoms with E-state index in [0.29, 0.717) is 30.2 Å². The van der Waals surface area contributed by atoms with Gasteiger partial charge in [-0.1, -0.05) is 12.1 Å². The molecule has 6 nitrogen and oxygen atoms in total. The van der Waals surface area contributed by atoms with Gasteiger partial charge in [0.1, 0.15) is 23.6 Å². The highest BCUT2D eigenvalue weighted by molar-refractivity contribution is 5.87. The van der Waals surface area contributed by atoms with Crippen LogP contribution in [0.5, 0.6) is 0 Å². The van der Waals surface area contributed by atoms with Crippen LogP contribution in [0.3, 0.4) is 0 Å². The summed E-state index contributed by atoms with van der Waals surface area (Å²) in [6.45, 7) is 1.32. The molecule has 0 aliphatic carbocycles. The molecule has 2 aromatic heterocycles. The monoisotopic (exact) mass is 286 g/mol. The number of halogens is 1. The molecule has 0 saturated heterocycles. The standard InChI is InChI=1S/C14H15FN6/c15-11-4-1-2-5-12(11)21-14-10(8-20-21)13(18-9-19-14)17-7-3-6-16/h1-2,4-5,8-9H,3,6-7,16H2,(H,17,18,19). The van der Waals surface area contributed by atoms with E-state index in [1.165, 1.54) is 17.1 Å². The Balaban J connectivity index is 2.03. The van der Waals surface area contributed by atoms with Crippen LogP contribution in [0, 0.1) is 5.82 Å². The van der Waals surface area contributed by atoms with Crippen molar-refractivity contribution in [3.63, 3.8) is 0 Å². The topological polar surface area (TPSA) is 81.7 Å². The van der Waals surface area contributed by atoms with Gasteiger partial charge in [0.15, 0.2) is 5.65 Å². The van der Waals surface area contributed by atoms with Crippen molar-refractivity contribution in [3.8, 4) is 5.69 Å². The minimum Gasteiger partial charge on any atom is -0.369 e. The molecule has 0 spiro atoms. The second-order valence-corrected chi connectivity index (χ2v) is 4.54. The zero-order valence-corrected chi connectivity index (χ0v) is 11.3. The number of anilines is 1. The third-order valence-corrected chi connectivity index (χ3v) is 3.12. The molecule has 0 unspecified atom stereocenters. The molecule has 1 aromatic carbocycles. The molecule has 0 saturated carbocycles. The summed E-state index contributed by atoms with van der Waals surface area (Å²) in [7, 11) is 0. The Bertz CT molecular complexity index is 754. The summed E-state index contributed by atoms with van der Waals surface area (Å²) >= 11 is 0. The first kappa shape index (κ1) is 13.4. The molecule has 3 aromatic rings. The second kappa shape index (κ2) is 5.84. The number of aromatic nitrogens is 4. The summed E-state index contributed by atoms with van der Waals surface area (Å²) < 4.78 is 15.4. The SMILES string of the molecule is NCCCNc1ncnc2c1cnn2-c1ccccc1F. The number of hydrogen-bond acceptors (Lipinski definition) is 5. The first-order valence-electron chi connectivity index (χ1n) is 6.69. The molecule has 0 fully saturated rings. The zero-order chi connectivity index (χ0) is 14.7. The van der Waals surface area contributed by atoms with E-state index in [2.05, 4.69) is 20.4 Å². The Morgan fingerprint density at radius 2 is 2.10 bits per heavy atom. The van der Waals surface area contributed by atoms with E-state index >= 15 is 0 Å². The van der Waals surface area contributed by atoms with Crippen molar-refractivity contribution < 1.29 is 4.39 Å². The number of para-hydroxylation sites is 1. The molecule has 21 heavy (non-hydrogen) atoms. The van der Waals surface area contributed by atoms with Crippen molar-refractivity contribution in [2.75, 3.05) is 18.4 Å². The van der Waals surface area contributed by atoms with Crippen LogP contribution in [0.15, 0.2) is 36.8 Å². The fraction of sp³-hybridized carbons (Fsp3) is 0.214. The van der Waals surface area contributed by atoms with E-state index in [1.54, 1.807) is 24.4 Å². The molecule has 108 valence electrons. The van der Waals surface area contributed by atoms with E-state index in [0.717, 1.165) is 11.8 Å². The molecule has 3 N–H and O–H groups in total. The predicted octanol–water partition coefficient (Wildman–Crippen LogP) is 1.72. The molecule has 0 atom stereocenters. The third-order valence-electron chi connectivity index (χ3n) is 3.12. The van der Waals surface area contributed by atoms with Crippen molar-refractivity contribution >= 4 is 16.9 Å². The van der Waals surface area contributed by atoms with E-state index in [1.807, 2.05) is 0 Å². The molecule has 7 heteroatoms. The van der Waals surface area contributed by atoms with Gasteiger partial charge in [-0.05, 0) is 25.1 Å². The van der Waals surface area contributed by atoms with Gasteiger partial charge in [0.05, 0.1) is 11.6 Å². The first-order valence-corrected chi connectivity index (χ1v) is 6.69. The summed E-state index contributed by atoms with van der Waals surface area (Å²) in [5.41, 5.74) is 6.39. The van der Waals surface area contributed by atoms with Crippen molar-refractivity contribution in [1.82, 2.24) is 19.7 Å². The Hall–Kier alpha value is -2.54. The van der Waals surface area contributed by atoms with Gasteiger partial charge in [-0.25, -0.2) is 19.0 Å². The van der Waals surface area contributed by atoms with Gasteiger partial charge in [-0.15, -0.1) is 0 Å². The molecular weight excluding hydrogens is 271 g/mol. The minimum absolute atomic E-state index is 0.348. The summed E-state index contributed by atoms with van der Waals surface area (Å²) in [6.07, 6.45) is 3.91. The number of benzene rings is 1. The summed E-state index contributed by atoms with van der Waals surface area (Å²) in [5, 5.41) is 8.16. The average Bonchev–Trinajstić information content (AvgIpc) is 2.93. The number of nitrogens with two attached hydrogens (primary N) is 1. The fourth-order valence-electron chi connectivity index (χ4n) is 2.09. The normalized spacial score (nSPS) is 11.0. The molecule has 0 amide bonds. The number of rotatable bonds is 5. The molecule has 0 aliphatic heterocycles. The molecule has 2 heterocycles. The van der Waals surface area contributed by atoms with E-state index < -0.39 is 0 Å². The highest BCUT2D eigenvalue weighted by atomic mass is 19.1. The van der Waals surface area contributed by atoms with Crippen molar-refractivity contribution in [2.45, 2.75) is 6.42 Å². The Morgan fingerprint density at radius 1 is 1.24 bits per heavy atom. The second-order valence-electron chi connectivity index (χ2n) is 4.54. The van der Waals surface area contributed by atoms with E-state index in [4.69, 9.17) is 5.73 Å². The van der Waals surface area contributed by atoms with Crippen LogP contribution in [0.25, 0.3) is 16.7 Å². The molecular formula is C14H15FN6. The fourth-order valence-corrected chi connectivity index (χ4v) is 2.09. The highest BCUT2D eigenvalue weighted by Crippen LogP contribution is 2.22. The van der Waals surface area contributed by atoms with Gasteiger partial charge >= 0.3 is 0 Å². The van der Waals surface area contributed by atoms with Crippen LogP contribution in [0.1, 0.15) is 6.42 Å². The maximum Gasteiger partial charge on any atom is 0.168 e. The van der Waals surface area contributed by atoms with Gasteiger partial charge in [0, 0.05) is 6.54 Å². The molecule has 3 rings (SSSR count). The lowest BCUT2D eigenvalue weighted by Gasteiger charge is -2.06. The predicted molar refractivity (Wildman–Crippen MR) is 78.8 cm³/mol. The van der Waals surface area contributed by atoms with Crippen LogP contribution in [-0.4, -0.2) is 32.8 Å². The Labute approximate surface area is 120 Å². The van der Waals surface area contributed by atoms with Gasteiger partial charge in [-0.2, -0.15) is 5.10 Å². The smallest absolute Gasteiger partial charge is 0.168 e. The van der Waals surface area contributed by atoms with Crippen LogP contribution in [0.2, 0.25) is 0 Å². The lowest BCUT2D eigenvalue weighted by Crippen LogP contribution is -2.09. The molecule has 0 radical (unpaired) electrons. The van der Waals surface area contributed by atoms with E-state index in [9.17, 15) is 4.39 Å². The first-order chi connectivity index (χ1) is 10.3. The number of fused-ring (bicyclic) bond motifs is 1. The minimum atomic E-state index is -0.348. The molecule has 0 aliphatic rings. The van der Waals surface area contributed by atoms with Crippen molar-refractivity contribution in [2.24, 2.45) is 5.73 Å². The van der Waals surface area contributed by atoms with Crippen molar-refractivity contribution in [3.05, 3.63) is 42.6 Å². The summed E-state index contributed by atoms with van der Waals surface area (Å²) in [5.74, 6) is 0.329. The van der Waals surface area contributed by atoms with Crippen molar-refractivity contribution in [1.29, 1.82) is 0 Å². The molecule has 0 bridgehead atoms.